The number of benzene rings is 2. The highest BCUT2D eigenvalue weighted by molar-refractivity contribution is 6.36. The zero-order valence-corrected chi connectivity index (χ0v) is 12.6. The first-order valence-corrected chi connectivity index (χ1v) is 7.15. The number of nitrogens with zero attached hydrogens (tertiary/aromatic N) is 1. The molecule has 1 unspecified atom stereocenters. The number of anilines is 1. The molecule has 0 aliphatic heterocycles. The number of fused-ring (bicyclic) bond motifs is 1. The lowest BCUT2D eigenvalue weighted by atomic mass is 10.1. The molecule has 2 N–H and O–H groups in total. The number of hydrogen-bond acceptors (Lipinski definition) is 2. The van der Waals surface area contributed by atoms with Gasteiger partial charge in [-0.15, -0.1) is 0 Å². The van der Waals surface area contributed by atoms with Crippen LogP contribution in [0.25, 0.3) is 10.9 Å². The van der Waals surface area contributed by atoms with Gasteiger partial charge in [0.1, 0.15) is 5.82 Å². The summed E-state index contributed by atoms with van der Waals surface area (Å²) in [6, 6.07) is 8.33. The molecule has 3 aromatic rings. The molecule has 21 heavy (non-hydrogen) atoms. The van der Waals surface area contributed by atoms with Gasteiger partial charge in [0.05, 0.1) is 22.8 Å². The summed E-state index contributed by atoms with van der Waals surface area (Å²) in [4.78, 5) is 0. The van der Waals surface area contributed by atoms with Gasteiger partial charge in [-0.1, -0.05) is 23.2 Å². The van der Waals surface area contributed by atoms with E-state index in [-0.39, 0.29) is 11.1 Å². The van der Waals surface area contributed by atoms with Gasteiger partial charge in [-0.25, -0.2) is 4.39 Å². The maximum atomic E-state index is 13.6. The van der Waals surface area contributed by atoms with Gasteiger partial charge in [-0.2, -0.15) is 5.10 Å². The van der Waals surface area contributed by atoms with Crippen LogP contribution in [0.1, 0.15) is 18.5 Å². The highest BCUT2D eigenvalue weighted by atomic mass is 35.5. The molecule has 1 atom stereocenters. The van der Waals surface area contributed by atoms with E-state index in [4.69, 9.17) is 23.2 Å². The second-order valence-electron chi connectivity index (χ2n) is 4.79. The van der Waals surface area contributed by atoms with Crippen molar-refractivity contribution in [1.82, 2.24) is 10.2 Å². The highest BCUT2D eigenvalue weighted by Gasteiger charge is 2.17. The number of hydrogen-bond donors (Lipinski definition) is 2. The monoisotopic (exact) mass is 323 g/mol. The van der Waals surface area contributed by atoms with Crippen LogP contribution in [-0.2, 0) is 0 Å². The Bertz CT molecular complexity index is 801. The molecule has 0 aliphatic rings. The van der Waals surface area contributed by atoms with Gasteiger partial charge >= 0.3 is 0 Å². The summed E-state index contributed by atoms with van der Waals surface area (Å²) in [6.07, 6.45) is 1.74. The molecule has 1 aromatic heterocycles. The predicted octanol–water partition coefficient (Wildman–Crippen LogP) is 5.18. The van der Waals surface area contributed by atoms with Crippen LogP contribution in [0, 0.1) is 5.82 Å². The minimum absolute atomic E-state index is 0.0480. The summed E-state index contributed by atoms with van der Waals surface area (Å²) in [5, 5.41) is 11.6. The number of nitrogens with one attached hydrogen (secondary N) is 2. The first-order chi connectivity index (χ1) is 10.1. The molecule has 3 nitrogen and oxygen atoms in total. The van der Waals surface area contributed by atoms with E-state index in [1.807, 2.05) is 25.1 Å². The molecular weight excluding hydrogens is 312 g/mol. The van der Waals surface area contributed by atoms with Crippen LogP contribution in [0.4, 0.5) is 10.1 Å². The lowest BCUT2D eigenvalue weighted by Gasteiger charge is -2.18. The number of H-pyrrole nitrogens is 1. The van der Waals surface area contributed by atoms with Crippen molar-refractivity contribution in [2.45, 2.75) is 13.0 Å². The van der Waals surface area contributed by atoms with Crippen LogP contribution in [0.5, 0.6) is 0 Å². The third-order valence-corrected chi connectivity index (χ3v) is 4.05. The van der Waals surface area contributed by atoms with E-state index < -0.39 is 5.82 Å². The lowest BCUT2D eigenvalue weighted by molar-refractivity contribution is 0.624. The molecule has 0 bridgehead atoms. The maximum absolute atomic E-state index is 13.6. The van der Waals surface area contributed by atoms with Gasteiger partial charge in [-0.05, 0) is 37.3 Å². The third-order valence-electron chi connectivity index (χ3n) is 3.34. The minimum atomic E-state index is -0.477. The molecule has 108 valence electrons. The Labute approximate surface area is 131 Å². The van der Waals surface area contributed by atoms with Crippen LogP contribution in [0.15, 0.2) is 36.5 Å². The summed E-state index contributed by atoms with van der Waals surface area (Å²) in [7, 11) is 0. The molecule has 1 heterocycles. The Kier molecular flexibility index (Phi) is 3.74. The van der Waals surface area contributed by atoms with E-state index in [9.17, 15) is 4.39 Å². The topological polar surface area (TPSA) is 40.7 Å². The number of rotatable bonds is 3. The van der Waals surface area contributed by atoms with Crippen molar-refractivity contribution in [3.63, 3.8) is 0 Å². The Morgan fingerprint density at radius 1 is 1.24 bits per heavy atom. The predicted molar refractivity (Wildman–Crippen MR) is 84.6 cm³/mol. The Balaban J connectivity index is 1.92. The van der Waals surface area contributed by atoms with Gasteiger partial charge in [-0.3, -0.25) is 5.10 Å². The molecule has 0 aliphatic carbocycles. The largest absolute Gasteiger partial charge is 0.378 e. The average Bonchev–Trinajstić information content (AvgIpc) is 2.91. The van der Waals surface area contributed by atoms with Gasteiger partial charge < -0.3 is 5.32 Å². The fourth-order valence-electron chi connectivity index (χ4n) is 2.29. The van der Waals surface area contributed by atoms with Crippen molar-refractivity contribution in [2.24, 2.45) is 0 Å². The first-order valence-electron chi connectivity index (χ1n) is 6.39. The maximum Gasteiger partial charge on any atom is 0.142 e. The van der Waals surface area contributed by atoms with E-state index in [1.54, 1.807) is 6.20 Å². The molecule has 0 spiro atoms. The molecule has 0 saturated carbocycles. The van der Waals surface area contributed by atoms with Crippen LogP contribution in [0.3, 0.4) is 0 Å². The minimum Gasteiger partial charge on any atom is -0.378 e. The first kappa shape index (κ1) is 14.2. The van der Waals surface area contributed by atoms with Gasteiger partial charge in [0, 0.05) is 21.7 Å². The Hall–Kier alpha value is -1.78. The zero-order chi connectivity index (χ0) is 15.0. The van der Waals surface area contributed by atoms with Crippen LogP contribution in [0.2, 0.25) is 10.0 Å². The van der Waals surface area contributed by atoms with Gasteiger partial charge in [0.15, 0.2) is 0 Å². The summed E-state index contributed by atoms with van der Waals surface area (Å²) in [5.41, 5.74) is 2.38. The van der Waals surface area contributed by atoms with E-state index in [2.05, 4.69) is 15.5 Å². The quantitative estimate of drug-likeness (QED) is 0.652. The standard InChI is InChI=1S/C15H12Cl2FN3/c1-8(14-11(16)3-4-12(18)15(14)17)20-10-2-5-13-9(6-10)7-19-21-13/h2-8,20H,1H3,(H,19,21). The van der Waals surface area contributed by atoms with Gasteiger partial charge in [0.25, 0.3) is 0 Å². The van der Waals surface area contributed by atoms with Gasteiger partial charge in [0.2, 0.25) is 0 Å². The van der Waals surface area contributed by atoms with Crippen LogP contribution < -0.4 is 5.32 Å². The van der Waals surface area contributed by atoms with E-state index in [0.717, 1.165) is 16.6 Å². The summed E-state index contributed by atoms with van der Waals surface area (Å²) >= 11 is 12.2. The number of aromatic nitrogens is 2. The fraction of sp³-hybridized carbons (Fsp3) is 0.133. The molecule has 0 saturated heterocycles. The SMILES string of the molecule is CC(Nc1ccc2[nH]ncc2c1)c1c(Cl)ccc(F)c1Cl. The molecule has 0 radical (unpaired) electrons. The summed E-state index contributed by atoms with van der Waals surface area (Å²) < 4.78 is 13.6. The average molecular weight is 324 g/mol. The van der Waals surface area contributed by atoms with E-state index in [1.165, 1.54) is 12.1 Å². The zero-order valence-electron chi connectivity index (χ0n) is 11.1. The van der Waals surface area contributed by atoms with Crippen molar-refractivity contribution in [2.75, 3.05) is 5.32 Å². The van der Waals surface area contributed by atoms with Crippen molar-refractivity contribution in [3.05, 3.63) is 58.0 Å². The normalized spacial score (nSPS) is 12.6. The molecule has 0 amide bonds. The van der Waals surface area contributed by atoms with Crippen molar-refractivity contribution in [3.8, 4) is 0 Å². The molecular formula is C15H12Cl2FN3. The Morgan fingerprint density at radius 3 is 2.86 bits per heavy atom. The Morgan fingerprint density at radius 2 is 2.05 bits per heavy atom. The molecule has 3 rings (SSSR count). The summed E-state index contributed by atoms with van der Waals surface area (Å²) in [6.45, 7) is 1.88. The lowest BCUT2D eigenvalue weighted by Crippen LogP contribution is -2.08. The van der Waals surface area contributed by atoms with Crippen molar-refractivity contribution in [1.29, 1.82) is 0 Å². The van der Waals surface area contributed by atoms with E-state index in [0.29, 0.717) is 10.6 Å². The number of halogens is 3. The molecule has 2 aromatic carbocycles. The fourth-order valence-corrected chi connectivity index (χ4v) is 2.99. The molecule has 0 fully saturated rings. The van der Waals surface area contributed by atoms with Crippen molar-refractivity contribution < 1.29 is 4.39 Å². The number of aromatic amines is 1. The van der Waals surface area contributed by atoms with Crippen LogP contribution >= 0.6 is 23.2 Å². The second kappa shape index (κ2) is 5.54. The van der Waals surface area contributed by atoms with Crippen molar-refractivity contribution >= 4 is 39.8 Å². The smallest absolute Gasteiger partial charge is 0.142 e. The second-order valence-corrected chi connectivity index (χ2v) is 5.58. The molecule has 6 heteroatoms. The highest BCUT2D eigenvalue weighted by Crippen LogP contribution is 2.34. The van der Waals surface area contributed by atoms with E-state index >= 15 is 0 Å². The van der Waals surface area contributed by atoms with Crippen LogP contribution in [-0.4, -0.2) is 10.2 Å². The third kappa shape index (κ3) is 2.69. The summed E-state index contributed by atoms with van der Waals surface area (Å²) in [5.74, 6) is -0.477.